The summed E-state index contributed by atoms with van der Waals surface area (Å²) in [7, 11) is 0. The average Bonchev–Trinajstić information content (AvgIpc) is 2.58. The second-order valence-electron chi connectivity index (χ2n) is 3.90. The number of unbranched alkanes of at least 4 members (excludes halogenated alkanes) is 1. The van der Waals surface area contributed by atoms with Gasteiger partial charge in [0, 0.05) is 13.1 Å². The first-order valence-electron chi connectivity index (χ1n) is 5.64. The van der Waals surface area contributed by atoms with Crippen LogP contribution >= 0.6 is 0 Å². The number of halogens is 3. The fourth-order valence-corrected chi connectivity index (χ4v) is 1.73. The molecule has 1 rings (SSSR count). The van der Waals surface area contributed by atoms with E-state index in [1.54, 1.807) is 0 Å². The highest BCUT2D eigenvalue weighted by atomic mass is 19.4. The van der Waals surface area contributed by atoms with Crippen molar-refractivity contribution in [1.82, 2.24) is 9.91 Å². The molecule has 1 unspecified atom stereocenters. The maximum Gasteiger partial charge on any atom is 0.429 e. The van der Waals surface area contributed by atoms with Gasteiger partial charge in [-0.3, -0.25) is 5.01 Å². The van der Waals surface area contributed by atoms with Crippen LogP contribution in [0, 0.1) is 0 Å². The van der Waals surface area contributed by atoms with Crippen molar-refractivity contribution in [3.05, 3.63) is 0 Å². The first kappa shape index (κ1) is 13.1. The molecule has 0 radical (unpaired) electrons. The van der Waals surface area contributed by atoms with Gasteiger partial charge in [0.05, 0.1) is 0 Å². The average molecular weight is 237 g/mol. The summed E-state index contributed by atoms with van der Waals surface area (Å²) in [5.41, 5.74) is 0. The normalized spacial score (nSPS) is 20.9. The number of hydrogen-bond acceptors (Lipinski definition) is 3. The zero-order valence-electron chi connectivity index (χ0n) is 9.67. The maximum absolute atomic E-state index is 12.8. The molecule has 0 aliphatic carbocycles. The summed E-state index contributed by atoms with van der Waals surface area (Å²) in [6, 6.07) is 0. The van der Waals surface area contributed by atoms with E-state index in [4.69, 9.17) is 0 Å². The number of rotatable bonds is 5. The van der Waals surface area contributed by atoms with E-state index in [1.165, 1.54) is 11.2 Å². The van der Waals surface area contributed by atoms with Gasteiger partial charge in [-0.05, 0) is 12.8 Å². The third kappa shape index (κ3) is 3.02. The summed E-state index contributed by atoms with van der Waals surface area (Å²) in [6.45, 7) is 4.55. The molecule has 0 saturated heterocycles. The van der Waals surface area contributed by atoms with Crippen LogP contribution in [0.15, 0.2) is 5.10 Å². The lowest BCUT2D eigenvalue weighted by Gasteiger charge is -2.31. The number of hydrogen-bond donors (Lipinski definition) is 0. The lowest BCUT2D eigenvalue weighted by molar-refractivity contribution is -0.207. The Balaban J connectivity index is 2.68. The molecule has 0 aromatic rings. The van der Waals surface area contributed by atoms with E-state index in [2.05, 4.69) is 5.10 Å². The van der Waals surface area contributed by atoms with Gasteiger partial charge in [0.25, 0.3) is 0 Å². The zero-order valence-corrected chi connectivity index (χ0v) is 9.67. The van der Waals surface area contributed by atoms with Crippen LogP contribution in [0.3, 0.4) is 0 Å². The van der Waals surface area contributed by atoms with Gasteiger partial charge >= 0.3 is 6.18 Å². The minimum atomic E-state index is -4.25. The Morgan fingerprint density at radius 1 is 1.19 bits per heavy atom. The second kappa shape index (κ2) is 5.41. The SMILES string of the molecule is CCCCN1N=CN(CCC)C1C(F)(F)F. The second-order valence-corrected chi connectivity index (χ2v) is 3.90. The van der Waals surface area contributed by atoms with Crippen LogP contribution in [-0.4, -0.2) is 41.7 Å². The van der Waals surface area contributed by atoms with E-state index in [-0.39, 0.29) is 0 Å². The van der Waals surface area contributed by atoms with E-state index < -0.39 is 12.3 Å². The highest BCUT2D eigenvalue weighted by Crippen LogP contribution is 2.30. The number of hydrazone groups is 1. The van der Waals surface area contributed by atoms with Crippen LogP contribution in [-0.2, 0) is 0 Å². The molecule has 6 heteroatoms. The minimum absolute atomic E-state index is 0.359. The lowest BCUT2D eigenvalue weighted by Crippen LogP contribution is -2.50. The Morgan fingerprint density at radius 2 is 1.88 bits per heavy atom. The summed E-state index contributed by atoms with van der Waals surface area (Å²) >= 11 is 0. The van der Waals surface area contributed by atoms with Crippen molar-refractivity contribution in [3.63, 3.8) is 0 Å². The van der Waals surface area contributed by atoms with Crippen molar-refractivity contribution in [1.29, 1.82) is 0 Å². The van der Waals surface area contributed by atoms with Crippen molar-refractivity contribution in [2.24, 2.45) is 5.10 Å². The Morgan fingerprint density at radius 3 is 2.38 bits per heavy atom. The molecule has 0 aromatic carbocycles. The summed E-state index contributed by atoms with van der Waals surface area (Å²) in [5, 5.41) is 4.97. The molecule has 16 heavy (non-hydrogen) atoms. The minimum Gasteiger partial charge on any atom is -0.332 e. The first-order valence-corrected chi connectivity index (χ1v) is 5.64. The van der Waals surface area contributed by atoms with E-state index in [0.717, 1.165) is 17.9 Å². The van der Waals surface area contributed by atoms with Crippen LogP contribution in [0.25, 0.3) is 0 Å². The summed E-state index contributed by atoms with van der Waals surface area (Å²) in [4.78, 5) is 1.26. The molecule has 1 aliphatic heterocycles. The summed E-state index contributed by atoms with van der Waals surface area (Å²) in [5.74, 6) is 0. The van der Waals surface area contributed by atoms with Crippen LogP contribution < -0.4 is 0 Å². The summed E-state index contributed by atoms with van der Waals surface area (Å²) < 4.78 is 38.5. The number of alkyl halides is 3. The molecule has 1 atom stereocenters. The standard InChI is InChI=1S/C10H18F3N3/c1-3-5-7-16-9(10(11,12)13)15(6-4-2)8-14-16/h8-9H,3-7H2,1-2H3. The van der Waals surface area contributed by atoms with Crippen LogP contribution in [0.4, 0.5) is 13.2 Å². The van der Waals surface area contributed by atoms with Crippen molar-refractivity contribution in [2.75, 3.05) is 13.1 Å². The van der Waals surface area contributed by atoms with Crippen molar-refractivity contribution in [2.45, 2.75) is 45.5 Å². The fraction of sp³-hybridized carbons (Fsp3) is 0.900. The van der Waals surface area contributed by atoms with Gasteiger partial charge in [-0.15, -0.1) is 0 Å². The van der Waals surface area contributed by atoms with Gasteiger partial charge in [-0.1, -0.05) is 20.3 Å². The van der Waals surface area contributed by atoms with E-state index in [9.17, 15) is 13.2 Å². The van der Waals surface area contributed by atoms with Gasteiger partial charge in [0.2, 0.25) is 6.17 Å². The first-order chi connectivity index (χ1) is 7.50. The molecule has 0 amide bonds. The molecular formula is C10H18F3N3. The van der Waals surface area contributed by atoms with Gasteiger partial charge < -0.3 is 4.90 Å². The fourth-order valence-electron chi connectivity index (χ4n) is 1.73. The Kier molecular flexibility index (Phi) is 4.44. The van der Waals surface area contributed by atoms with Crippen molar-refractivity contribution < 1.29 is 13.2 Å². The molecule has 94 valence electrons. The molecule has 0 saturated carbocycles. The van der Waals surface area contributed by atoms with Gasteiger partial charge in [-0.25, -0.2) is 0 Å². The molecule has 0 N–H and O–H groups in total. The molecule has 1 heterocycles. The lowest BCUT2D eigenvalue weighted by atomic mass is 10.3. The quantitative estimate of drug-likeness (QED) is 0.732. The monoisotopic (exact) mass is 237 g/mol. The third-order valence-electron chi connectivity index (χ3n) is 2.46. The van der Waals surface area contributed by atoms with Gasteiger partial charge in [0.15, 0.2) is 0 Å². The largest absolute Gasteiger partial charge is 0.429 e. The predicted molar refractivity (Wildman–Crippen MR) is 56.9 cm³/mol. The predicted octanol–water partition coefficient (Wildman–Crippen LogP) is 2.65. The number of nitrogens with zero attached hydrogens (tertiary/aromatic N) is 3. The van der Waals surface area contributed by atoms with Crippen molar-refractivity contribution >= 4 is 6.34 Å². The van der Waals surface area contributed by atoms with Gasteiger partial charge in [0.1, 0.15) is 6.34 Å². The molecule has 0 bridgehead atoms. The van der Waals surface area contributed by atoms with E-state index in [1.807, 2.05) is 13.8 Å². The maximum atomic E-state index is 12.8. The van der Waals surface area contributed by atoms with Crippen LogP contribution in [0.5, 0.6) is 0 Å². The molecule has 3 nitrogen and oxygen atoms in total. The van der Waals surface area contributed by atoms with E-state index >= 15 is 0 Å². The van der Waals surface area contributed by atoms with Crippen molar-refractivity contribution in [3.8, 4) is 0 Å². The van der Waals surface area contributed by atoms with E-state index in [0.29, 0.717) is 19.5 Å². The smallest absolute Gasteiger partial charge is 0.332 e. The van der Waals surface area contributed by atoms with Gasteiger partial charge in [-0.2, -0.15) is 18.3 Å². The highest BCUT2D eigenvalue weighted by molar-refractivity contribution is 5.57. The molecule has 1 aliphatic rings. The molecule has 0 spiro atoms. The molecule has 0 fully saturated rings. The Hall–Kier alpha value is -0.940. The highest BCUT2D eigenvalue weighted by Gasteiger charge is 2.48. The molecular weight excluding hydrogens is 219 g/mol. The van der Waals surface area contributed by atoms with Crippen LogP contribution in [0.1, 0.15) is 33.1 Å². The Bertz CT molecular complexity index is 240. The summed E-state index contributed by atoms with van der Waals surface area (Å²) in [6.07, 6.45) is -2.25. The zero-order chi connectivity index (χ0) is 12.2. The topological polar surface area (TPSA) is 18.8 Å². The Labute approximate surface area is 93.9 Å². The molecule has 0 aromatic heterocycles. The van der Waals surface area contributed by atoms with Crippen LogP contribution in [0.2, 0.25) is 0 Å². The third-order valence-corrected chi connectivity index (χ3v) is 2.46.